The first-order chi connectivity index (χ1) is 10.6. The molecular formula is C17H22N4O. The summed E-state index contributed by atoms with van der Waals surface area (Å²) >= 11 is 0. The third-order valence-corrected chi connectivity index (χ3v) is 4.27. The third-order valence-electron chi connectivity index (χ3n) is 4.27. The number of nitrogens with one attached hydrogen (secondary N) is 2. The molecule has 2 aromatic rings. The van der Waals surface area contributed by atoms with Crippen LogP contribution in [-0.4, -0.2) is 22.6 Å². The van der Waals surface area contributed by atoms with Gasteiger partial charge in [-0.3, -0.25) is 9.89 Å². The molecule has 3 rings (SSSR count). The molecule has 1 atom stereocenters. The minimum atomic E-state index is 0.209. The lowest BCUT2D eigenvalue weighted by molar-refractivity contribution is -0.117. The van der Waals surface area contributed by atoms with Gasteiger partial charge in [-0.25, -0.2) is 0 Å². The molecule has 0 saturated carbocycles. The fourth-order valence-corrected chi connectivity index (χ4v) is 2.81. The minimum absolute atomic E-state index is 0.209. The number of carbonyl (C=O) groups excluding carboxylic acids is 1. The maximum atomic E-state index is 11.9. The highest BCUT2D eigenvalue weighted by Crippen LogP contribution is 2.24. The van der Waals surface area contributed by atoms with E-state index in [0.717, 1.165) is 36.5 Å². The van der Waals surface area contributed by atoms with Crippen LogP contribution >= 0.6 is 0 Å². The summed E-state index contributed by atoms with van der Waals surface area (Å²) in [7, 11) is 0. The lowest BCUT2D eigenvalue weighted by atomic mass is 10.1. The number of carbonyl (C=O) groups is 1. The van der Waals surface area contributed by atoms with Crippen LogP contribution in [0.4, 0.5) is 5.69 Å². The maximum Gasteiger partial charge on any atom is 0.227 e. The molecule has 1 aromatic carbocycles. The summed E-state index contributed by atoms with van der Waals surface area (Å²) in [6.07, 6.45) is 3.45. The number of hydrogen-bond donors (Lipinski definition) is 2. The number of H-pyrrole nitrogens is 1. The molecule has 0 radical (unpaired) electrons. The number of aromatic nitrogens is 2. The second-order valence-corrected chi connectivity index (χ2v) is 5.88. The quantitative estimate of drug-likeness (QED) is 0.892. The SMILES string of the molecule is Cc1cn[nH]c1CNC(C)c1cccc(N2CCCC2=O)c1. The Morgan fingerprint density at radius 1 is 1.45 bits per heavy atom. The van der Waals surface area contributed by atoms with Gasteiger partial charge in [0.25, 0.3) is 0 Å². The summed E-state index contributed by atoms with van der Waals surface area (Å²) < 4.78 is 0. The second kappa shape index (κ2) is 6.32. The highest BCUT2D eigenvalue weighted by Gasteiger charge is 2.22. The number of hydrogen-bond acceptors (Lipinski definition) is 3. The van der Waals surface area contributed by atoms with Crippen molar-refractivity contribution >= 4 is 11.6 Å². The predicted octanol–water partition coefficient (Wildman–Crippen LogP) is 2.70. The molecule has 0 bridgehead atoms. The Labute approximate surface area is 130 Å². The Balaban J connectivity index is 1.68. The van der Waals surface area contributed by atoms with Crippen molar-refractivity contribution in [1.29, 1.82) is 0 Å². The molecule has 1 fully saturated rings. The van der Waals surface area contributed by atoms with Gasteiger partial charge in [0.05, 0.1) is 11.9 Å². The zero-order valence-corrected chi connectivity index (χ0v) is 13.1. The van der Waals surface area contributed by atoms with Crippen molar-refractivity contribution in [2.75, 3.05) is 11.4 Å². The Morgan fingerprint density at radius 3 is 3.00 bits per heavy atom. The number of rotatable bonds is 5. The molecule has 2 heterocycles. The van der Waals surface area contributed by atoms with Crippen LogP contribution in [0.15, 0.2) is 30.5 Å². The minimum Gasteiger partial charge on any atom is -0.312 e. The first-order valence-corrected chi connectivity index (χ1v) is 7.77. The van der Waals surface area contributed by atoms with Gasteiger partial charge in [-0.05, 0) is 43.5 Å². The standard InChI is InChI=1S/C17H22N4O/c1-12-10-19-20-16(12)11-18-13(2)14-5-3-6-15(9-14)21-8-4-7-17(21)22/h3,5-6,9-10,13,18H,4,7-8,11H2,1-2H3,(H,19,20). The van der Waals surface area contributed by atoms with E-state index < -0.39 is 0 Å². The Bertz CT molecular complexity index is 664. The van der Waals surface area contributed by atoms with E-state index >= 15 is 0 Å². The number of aromatic amines is 1. The number of anilines is 1. The average molecular weight is 298 g/mol. The Morgan fingerprint density at radius 2 is 2.32 bits per heavy atom. The lowest BCUT2D eigenvalue weighted by Crippen LogP contribution is -2.24. The normalized spacial score (nSPS) is 16.3. The largest absolute Gasteiger partial charge is 0.312 e. The fraction of sp³-hybridized carbons (Fsp3) is 0.412. The van der Waals surface area contributed by atoms with Crippen LogP contribution in [0.1, 0.15) is 42.6 Å². The van der Waals surface area contributed by atoms with Gasteiger partial charge in [0.2, 0.25) is 5.91 Å². The van der Waals surface area contributed by atoms with Crippen LogP contribution in [0.25, 0.3) is 0 Å². The average Bonchev–Trinajstić information content (AvgIpc) is 3.13. The van der Waals surface area contributed by atoms with Crippen molar-refractivity contribution in [3.63, 3.8) is 0 Å². The number of benzene rings is 1. The van der Waals surface area contributed by atoms with E-state index in [-0.39, 0.29) is 11.9 Å². The number of amides is 1. The van der Waals surface area contributed by atoms with E-state index in [1.165, 1.54) is 5.56 Å². The third kappa shape index (κ3) is 3.04. The monoisotopic (exact) mass is 298 g/mol. The van der Waals surface area contributed by atoms with Crippen molar-refractivity contribution in [1.82, 2.24) is 15.5 Å². The van der Waals surface area contributed by atoms with Crippen molar-refractivity contribution in [3.8, 4) is 0 Å². The van der Waals surface area contributed by atoms with Gasteiger partial charge in [0, 0.05) is 31.2 Å². The summed E-state index contributed by atoms with van der Waals surface area (Å²) in [5, 5.41) is 10.5. The van der Waals surface area contributed by atoms with Gasteiger partial charge in [0.15, 0.2) is 0 Å². The summed E-state index contributed by atoms with van der Waals surface area (Å²) in [6, 6.07) is 8.46. The van der Waals surface area contributed by atoms with E-state index in [4.69, 9.17) is 0 Å². The molecule has 0 aliphatic carbocycles. The molecule has 1 aromatic heterocycles. The van der Waals surface area contributed by atoms with Gasteiger partial charge >= 0.3 is 0 Å². The van der Waals surface area contributed by atoms with E-state index in [1.54, 1.807) is 0 Å². The van der Waals surface area contributed by atoms with Crippen LogP contribution in [-0.2, 0) is 11.3 Å². The summed E-state index contributed by atoms with van der Waals surface area (Å²) in [5.41, 5.74) is 4.47. The molecular weight excluding hydrogens is 276 g/mol. The van der Waals surface area contributed by atoms with Crippen molar-refractivity contribution in [3.05, 3.63) is 47.3 Å². The molecule has 1 aliphatic rings. The smallest absolute Gasteiger partial charge is 0.227 e. The molecule has 1 amide bonds. The van der Waals surface area contributed by atoms with Gasteiger partial charge in [-0.2, -0.15) is 5.10 Å². The number of nitrogens with zero attached hydrogens (tertiary/aromatic N) is 2. The molecule has 1 aliphatic heterocycles. The molecule has 1 unspecified atom stereocenters. The molecule has 5 heteroatoms. The Hall–Kier alpha value is -2.14. The molecule has 116 valence electrons. The highest BCUT2D eigenvalue weighted by atomic mass is 16.2. The van der Waals surface area contributed by atoms with Crippen molar-refractivity contribution in [2.24, 2.45) is 0 Å². The van der Waals surface area contributed by atoms with E-state index in [9.17, 15) is 4.79 Å². The second-order valence-electron chi connectivity index (χ2n) is 5.88. The van der Waals surface area contributed by atoms with Gasteiger partial charge in [0.1, 0.15) is 0 Å². The summed E-state index contributed by atoms with van der Waals surface area (Å²) in [5.74, 6) is 0.228. The molecule has 5 nitrogen and oxygen atoms in total. The van der Waals surface area contributed by atoms with Crippen molar-refractivity contribution in [2.45, 2.75) is 39.3 Å². The first kappa shape index (κ1) is 14.8. The first-order valence-electron chi connectivity index (χ1n) is 7.77. The molecule has 1 saturated heterocycles. The zero-order valence-electron chi connectivity index (χ0n) is 13.1. The predicted molar refractivity (Wildman–Crippen MR) is 86.6 cm³/mol. The molecule has 2 N–H and O–H groups in total. The van der Waals surface area contributed by atoms with E-state index in [0.29, 0.717) is 6.42 Å². The van der Waals surface area contributed by atoms with E-state index in [2.05, 4.69) is 34.6 Å². The van der Waals surface area contributed by atoms with E-state index in [1.807, 2.05) is 30.2 Å². The topological polar surface area (TPSA) is 61.0 Å². The Kier molecular flexibility index (Phi) is 4.24. The van der Waals surface area contributed by atoms with Crippen LogP contribution in [0.3, 0.4) is 0 Å². The van der Waals surface area contributed by atoms with Gasteiger partial charge in [-0.1, -0.05) is 12.1 Å². The molecule has 22 heavy (non-hydrogen) atoms. The molecule has 0 spiro atoms. The van der Waals surface area contributed by atoms with Gasteiger partial charge in [-0.15, -0.1) is 0 Å². The number of aryl methyl sites for hydroxylation is 1. The van der Waals surface area contributed by atoms with Crippen molar-refractivity contribution < 1.29 is 4.79 Å². The summed E-state index contributed by atoms with van der Waals surface area (Å²) in [4.78, 5) is 13.8. The van der Waals surface area contributed by atoms with Crippen LogP contribution < -0.4 is 10.2 Å². The summed E-state index contributed by atoms with van der Waals surface area (Å²) in [6.45, 7) is 5.76. The maximum absolute atomic E-state index is 11.9. The van der Waals surface area contributed by atoms with Crippen LogP contribution in [0, 0.1) is 6.92 Å². The zero-order chi connectivity index (χ0) is 15.5. The van der Waals surface area contributed by atoms with Crippen LogP contribution in [0.5, 0.6) is 0 Å². The lowest BCUT2D eigenvalue weighted by Gasteiger charge is -2.19. The highest BCUT2D eigenvalue weighted by molar-refractivity contribution is 5.95. The fourth-order valence-electron chi connectivity index (χ4n) is 2.81. The van der Waals surface area contributed by atoms with Gasteiger partial charge < -0.3 is 10.2 Å². The van der Waals surface area contributed by atoms with Crippen LogP contribution in [0.2, 0.25) is 0 Å².